The average molecular weight is 547 g/mol. The van der Waals surface area contributed by atoms with Crippen LogP contribution < -0.4 is 15.5 Å². The molecule has 8 heteroatoms. The molecule has 0 atom stereocenters. The number of anilines is 1. The quantitative estimate of drug-likeness (QED) is 0.273. The largest absolute Gasteiger partial charge is 0.352 e. The van der Waals surface area contributed by atoms with Crippen LogP contribution in [0.3, 0.4) is 0 Å². The standard InChI is InChI=1S/C23H25N5OS.HI/c1-24-23(26-15-19-16-30-22(27-19)18-6-3-2-4-7-18)25-14-17-9-11-20(12-10-17)28-13-5-8-21(28)29;/h2-4,6-7,9-12,16H,5,8,13-15H2,1H3,(H2,24,25,26);1H. The third-order valence-electron chi connectivity index (χ3n) is 5.01. The topological polar surface area (TPSA) is 69.6 Å². The van der Waals surface area contributed by atoms with E-state index < -0.39 is 0 Å². The van der Waals surface area contributed by atoms with Crippen LogP contribution in [-0.2, 0) is 17.9 Å². The van der Waals surface area contributed by atoms with Crippen molar-refractivity contribution in [3.8, 4) is 10.6 Å². The van der Waals surface area contributed by atoms with Gasteiger partial charge in [-0.25, -0.2) is 4.98 Å². The Kier molecular flexibility index (Phi) is 8.42. The van der Waals surface area contributed by atoms with Crippen LogP contribution in [0.25, 0.3) is 10.6 Å². The van der Waals surface area contributed by atoms with Crippen molar-refractivity contribution < 1.29 is 4.79 Å². The van der Waals surface area contributed by atoms with Gasteiger partial charge in [0.25, 0.3) is 0 Å². The number of carbonyl (C=O) groups is 1. The van der Waals surface area contributed by atoms with Gasteiger partial charge in [0.05, 0.1) is 12.2 Å². The Morgan fingerprint density at radius 2 is 1.84 bits per heavy atom. The summed E-state index contributed by atoms with van der Waals surface area (Å²) in [7, 11) is 1.76. The fraction of sp³-hybridized carbons (Fsp3) is 0.261. The zero-order valence-corrected chi connectivity index (χ0v) is 20.5. The summed E-state index contributed by atoms with van der Waals surface area (Å²) < 4.78 is 0. The number of amides is 1. The molecule has 4 rings (SSSR count). The summed E-state index contributed by atoms with van der Waals surface area (Å²) >= 11 is 1.64. The minimum absolute atomic E-state index is 0. The van der Waals surface area contributed by atoms with E-state index in [-0.39, 0.29) is 29.9 Å². The van der Waals surface area contributed by atoms with Crippen LogP contribution in [0.1, 0.15) is 24.1 Å². The van der Waals surface area contributed by atoms with Crippen molar-refractivity contribution in [1.82, 2.24) is 15.6 Å². The fourth-order valence-electron chi connectivity index (χ4n) is 3.40. The number of benzene rings is 2. The number of hydrogen-bond acceptors (Lipinski definition) is 4. The Labute approximate surface area is 203 Å². The molecule has 1 saturated heterocycles. The second-order valence-electron chi connectivity index (χ2n) is 7.10. The van der Waals surface area contributed by atoms with E-state index in [0.29, 0.717) is 19.5 Å². The first-order valence-corrected chi connectivity index (χ1v) is 10.9. The number of rotatable bonds is 6. The Balaban J connectivity index is 0.00000272. The summed E-state index contributed by atoms with van der Waals surface area (Å²) in [6, 6.07) is 18.3. The number of thiazole rings is 1. The molecule has 162 valence electrons. The van der Waals surface area contributed by atoms with Crippen molar-refractivity contribution in [2.75, 3.05) is 18.5 Å². The number of carbonyl (C=O) groups excluding carboxylic acids is 1. The lowest BCUT2D eigenvalue weighted by molar-refractivity contribution is -0.117. The third-order valence-corrected chi connectivity index (χ3v) is 5.95. The summed E-state index contributed by atoms with van der Waals surface area (Å²) in [5.41, 5.74) is 4.23. The highest BCUT2D eigenvalue weighted by Crippen LogP contribution is 2.23. The highest BCUT2D eigenvalue weighted by atomic mass is 127. The van der Waals surface area contributed by atoms with Gasteiger partial charge in [-0.05, 0) is 24.1 Å². The number of nitrogens with zero attached hydrogens (tertiary/aromatic N) is 3. The number of halogens is 1. The minimum atomic E-state index is 0. The predicted octanol–water partition coefficient (Wildman–Crippen LogP) is 4.42. The van der Waals surface area contributed by atoms with Crippen molar-refractivity contribution >= 4 is 52.9 Å². The molecule has 0 bridgehead atoms. The Bertz CT molecular complexity index is 1020. The summed E-state index contributed by atoms with van der Waals surface area (Å²) in [5.74, 6) is 0.936. The first kappa shape index (κ1) is 23.2. The number of nitrogens with one attached hydrogen (secondary N) is 2. The molecule has 2 aromatic carbocycles. The van der Waals surface area contributed by atoms with Crippen LogP contribution in [0.5, 0.6) is 0 Å². The van der Waals surface area contributed by atoms with Gasteiger partial charge in [0.2, 0.25) is 5.91 Å². The molecule has 0 unspecified atom stereocenters. The second-order valence-corrected chi connectivity index (χ2v) is 7.96. The molecule has 1 amide bonds. The van der Waals surface area contributed by atoms with Gasteiger partial charge in [0.15, 0.2) is 5.96 Å². The molecule has 2 heterocycles. The monoisotopic (exact) mass is 547 g/mol. The third kappa shape index (κ3) is 6.04. The van der Waals surface area contributed by atoms with E-state index in [0.717, 1.165) is 46.4 Å². The summed E-state index contributed by atoms with van der Waals surface area (Å²) in [6.07, 6.45) is 1.59. The smallest absolute Gasteiger partial charge is 0.227 e. The van der Waals surface area contributed by atoms with Crippen molar-refractivity contribution in [1.29, 1.82) is 0 Å². The van der Waals surface area contributed by atoms with Gasteiger partial charge in [-0.1, -0.05) is 42.5 Å². The molecule has 1 fully saturated rings. The molecule has 1 aliphatic rings. The zero-order valence-electron chi connectivity index (χ0n) is 17.4. The molecular formula is C23H26IN5OS. The van der Waals surface area contributed by atoms with Gasteiger partial charge in [0.1, 0.15) is 5.01 Å². The average Bonchev–Trinajstić information content (AvgIpc) is 3.44. The van der Waals surface area contributed by atoms with Crippen LogP contribution >= 0.6 is 35.3 Å². The van der Waals surface area contributed by atoms with Gasteiger partial charge in [-0.15, -0.1) is 35.3 Å². The molecule has 1 aliphatic heterocycles. The van der Waals surface area contributed by atoms with E-state index in [9.17, 15) is 4.79 Å². The van der Waals surface area contributed by atoms with Crippen molar-refractivity contribution in [3.63, 3.8) is 0 Å². The lowest BCUT2D eigenvalue weighted by Gasteiger charge is -2.16. The molecule has 6 nitrogen and oxygen atoms in total. The van der Waals surface area contributed by atoms with Crippen LogP contribution in [0.2, 0.25) is 0 Å². The van der Waals surface area contributed by atoms with Crippen LogP contribution in [-0.4, -0.2) is 30.4 Å². The van der Waals surface area contributed by atoms with Gasteiger partial charge in [-0.2, -0.15) is 0 Å². The summed E-state index contributed by atoms with van der Waals surface area (Å²) in [6.45, 7) is 2.08. The van der Waals surface area contributed by atoms with Gasteiger partial charge >= 0.3 is 0 Å². The van der Waals surface area contributed by atoms with Crippen molar-refractivity contribution in [3.05, 3.63) is 71.2 Å². The number of hydrogen-bond donors (Lipinski definition) is 2. The first-order chi connectivity index (χ1) is 14.7. The number of aromatic nitrogens is 1. The first-order valence-electron chi connectivity index (χ1n) is 10.1. The van der Waals surface area contributed by atoms with Gasteiger partial charge in [0, 0.05) is 43.2 Å². The molecular weight excluding hydrogens is 521 g/mol. The summed E-state index contributed by atoms with van der Waals surface area (Å²) in [4.78, 5) is 22.7. The molecule has 31 heavy (non-hydrogen) atoms. The number of guanidine groups is 1. The van der Waals surface area contributed by atoms with Gasteiger partial charge < -0.3 is 15.5 Å². The molecule has 0 radical (unpaired) electrons. The van der Waals surface area contributed by atoms with E-state index in [1.807, 2.05) is 47.4 Å². The lowest BCUT2D eigenvalue weighted by atomic mass is 10.2. The van der Waals surface area contributed by atoms with E-state index in [1.165, 1.54) is 0 Å². The maximum Gasteiger partial charge on any atom is 0.227 e. The van der Waals surface area contributed by atoms with E-state index in [4.69, 9.17) is 4.98 Å². The molecule has 0 spiro atoms. The lowest BCUT2D eigenvalue weighted by Crippen LogP contribution is -2.36. The number of aliphatic imine (C=N–C) groups is 1. The minimum Gasteiger partial charge on any atom is -0.352 e. The highest BCUT2D eigenvalue weighted by molar-refractivity contribution is 14.0. The highest BCUT2D eigenvalue weighted by Gasteiger charge is 2.21. The molecule has 1 aromatic heterocycles. The Morgan fingerprint density at radius 3 is 2.52 bits per heavy atom. The van der Waals surface area contributed by atoms with E-state index >= 15 is 0 Å². The van der Waals surface area contributed by atoms with Crippen molar-refractivity contribution in [2.45, 2.75) is 25.9 Å². The Morgan fingerprint density at radius 1 is 1.10 bits per heavy atom. The van der Waals surface area contributed by atoms with Gasteiger partial charge in [-0.3, -0.25) is 9.79 Å². The maximum atomic E-state index is 11.9. The van der Waals surface area contributed by atoms with Crippen LogP contribution in [0.4, 0.5) is 5.69 Å². The summed E-state index contributed by atoms with van der Waals surface area (Å²) in [5, 5.41) is 9.73. The molecule has 3 aromatic rings. The maximum absolute atomic E-state index is 11.9. The Hall–Kier alpha value is -2.46. The van der Waals surface area contributed by atoms with E-state index in [1.54, 1.807) is 18.4 Å². The predicted molar refractivity (Wildman–Crippen MR) is 138 cm³/mol. The van der Waals surface area contributed by atoms with E-state index in [2.05, 4.69) is 33.1 Å². The molecule has 0 aliphatic carbocycles. The molecule has 2 N–H and O–H groups in total. The SMILES string of the molecule is CN=C(NCc1ccc(N2CCCC2=O)cc1)NCc1csc(-c2ccccc2)n1.I. The second kappa shape index (κ2) is 11.2. The normalized spacial score (nSPS) is 13.8. The van der Waals surface area contributed by atoms with Crippen LogP contribution in [0, 0.1) is 0 Å². The fourth-order valence-corrected chi connectivity index (χ4v) is 4.22. The van der Waals surface area contributed by atoms with Crippen molar-refractivity contribution in [2.24, 2.45) is 4.99 Å². The zero-order chi connectivity index (χ0) is 20.8. The van der Waals surface area contributed by atoms with Crippen LogP contribution in [0.15, 0.2) is 65.0 Å². The molecule has 0 saturated carbocycles.